The zero-order valence-electron chi connectivity index (χ0n) is 13.1. The summed E-state index contributed by atoms with van der Waals surface area (Å²) in [7, 11) is 2.26. The molecule has 2 aliphatic heterocycles. The van der Waals surface area contributed by atoms with Crippen LogP contribution in [-0.4, -0.2) is 50.8 Å². The van der Waals surface area contributed by atoms with E-state index in [0.717, 1.165) is 19.1 Å². The highest BCUT2D eigenvalue weighted by Gasteiger charge is 2.32. The highest BCUT2D eigenvalue weighted by atomic mass is 16.5. The van der Waals surface area contributed by atoms with Gasteiger partial charge < -0.3 is 15.0 Å². The molecule has 0 amide bonds. The van der Waals surface area contributed by atoms with Crippen molar-refractivity contribution in [1.29, 1.82) is 0 Å². The van der Waals surface area contributed by atoms with Gasteiger partial charge in [0.25, 0.3) is 0 Å². The van der Waals surface area contributed by atoms with Gasteiger partial charge in [-0.3, -0.25) is 0 Å². The fraction of sp³-hybridized carbons (Fsp3) is 1.00. The Morgan fingerprint density at radius 1 is 1.21 bits per heavy atom. The fourth-order valence-electron chi connectivity index (χ4n) is 3.71. The Morgan fingerprint density at radius 2 is 2.05 bits per heavy atom. The van der Waals surface area contributed by atoms with Crippen LogP contribution in [-0.2, 0) is 4.74 Å². The minimum Gasteiger partial charge on any atom is -0.377 e. The molecule has 0 saturated carbocycles. The third-order valence-corrected chi connectivity index (χ3v) is 4.87. The smallest absolute Gasteiger partial charge is 0.0701 e. The van der Waals surface area contributed by atoms with Crippen LogP contribution in [0.5, 0.6) is 0 Å². The van der Waals surface area contributed by atoms with Crippen LogP contribution in [0.25, 0.3) is 0 Å². The largest absolute Gasteiger partial charge is 0.377 e. The Balaban J connectivity index is 1.77. The molecule has 2 atom stereocenters. The lowest BCUT2D eigenvalue weighted by Gasteiger charge is -2.40. The lowest BCUT2D eigenvalue weighted by atomic mass is 9.74. The van der Waals surface area contributed by atoms with Gasteiger partial charge in [-0.2, -0.15) is 0 Å². The Bertz CT molecular complexity index is 255. The molecule has 112 valence electrons. The first kappa shape index (κ1) is 15.3. The van der Waals surface area contributed by atoms with E-state index in [1.165, 1.54) is 51.7 Å². The van der Waals surface area contributed by atoms with Gasteiger partial charge in [0.15, 0.2) is 0 Å². The summed E-state index contributed by atoms with van der Waals surface area (Å²) in [5.41, 5.74) is 0.400. The van der Waals surface area contributed by atoms with Crippen LogP contribution < -0.4 is 5.32 Å². The fourth-order valence-corrected chi connectivity index (χ4v) is 3.71. The Hall–Kier alpha value is -0.120. The van der Waals surface area contributed by atoms with Crippen molar-refractivity contribution in [3.8, 4) is 0 Å². The molecule has 0 radical (unpaired) electrons. The van der Waals surface area contributed by atoms with Gasteiger partial charge in [-0.05, 0) is 63.6 Å². The number of likely N-dealkylation sites (N-methyl/N-ethyl adjacent to an activating group) is 1. The topological polar surface area (TPSA) is 24.5 Å². The molecule has 0 aromatic carbocycles. The molecule has 0 spiro atoms. The minimum atomic E-state index is 0.400. The Kier molecular flexibility index (Phi) is 5.67. The molecule has 3 nitrogen and oxygen atoms in total. The summed E-state index contributed by atoms with van der Waals surface area (Å²) < 4.78 is 5.85. The maximum absolute atomic E-state index is 5.85. The SMILES string of the molecule is CN(CC1CCCCO1)CC(C)(C)C1CCCNC1. The average Bonchev–Trinajstić information content (AvgIpc) is 2.40. The molecule has 0 aromatic rings. The van der Waals surface area contributed by atoms with E-state index < -0.39 is 0 Å². The van der Waals surface area contributed by atoms with E-state index in [1.807, 2.05) is 0 Å². The summed E-state index contributed by atoms with van der Waals surface area (Å²) in [6.07, 6.45) is 7.03. The second-order valence-electron chi connectivity index (χ2n) is 7.22. The maximum atomic E-state index is 5.85. The summed E-state index contributed by atoms with van der Waals surface area (Å²) in [6.45, 7) is 10.5. The van der Waals surface area contributed by atoms with E-state index in [4.69, 9.17) is 4.74 Å². The normalized spacial score (nSPS) is 29.7. The maximum Gasteiger partial charge on any atom is 0.0701 e. The molecule has 2 aliphatic rings. The molecule has 0 aliphatic carbocycles. The number of nitrogens with one attached hydrogen (secondary N) is 1. The number of ether oxygens (including phenoxy) is 1. The first-order valence-corrected chi connectivity index (χ1v) is 8.09. The van der Waals surface area contributed by atoms with E-state index in [2.05, 4.69) is 31.1 Å². The van der Waals surface area contributed by atoms with Crippen LogP contribution in [0.4, 0.5) is 0 Å². The van der Waals surface area contributed by atoms with Gasteiger partial charge in [0.05, 0.1) is 6.10 Å². The van der Waals surface area contributed by atoms with Crippen molar-refractivity contribution in [3.63, 3.8) is 0 Å². The first-order valence-electron chi connectivity index (χ1n) is 8.09. The predicted octanol–water partition coefficient (Wildman–Crippen LogP) is 2.51. The molecule has 1 N–H and O–H groups in total. The van der Waals surface area contributed by atoms with Gasteiger partial charge >= 0.3 is 0 Å². The first-order chi connectivity index (χ1) is 9.08. The van der Waals surface area contributed by atoms with Crippen molar-refractivity contribution >= 4 is 0 Å². The summed E-state index contributed by atoms with van der Waals surface area (Å²) in [4.78, 5) is 2.49. The lowest BCUT2D eigenvalue weighted by Crippen LogP contribution is -2.45. The molecule has 0 aromatic heterocycles. The number of hydrogen-bond donors (Lipinski definition) is 1. The van der Waals surface area contributed by atoms with Crippen LogP contribution >= 0.6 is 0 Å². The van der Waals surface area contributed by atoms with Crippen LogP contribution in [0, 0.1) is 11.3 Å². The second-order valence-corrected chi connectivity index (χ2v) is 7.22. The van der Waals surface area contributed by atoms with Gasteiger partial charge in [0, 0.05) is 19.7 Å². The monoisotopic (exact) mass is 268 g/mol. The number of nitrogens with zero attached hydrogens (tertiary/aromatic N) is 1. The number of hydrogen-bond acceptors (Lipinski definition) is 3. The minimum absolute atomic E-state index is 0.400. The Labute approximate surface area is 119 Å². The second kappa shape index (κ2) is 7.05. The number of rotatable bonds is 5. The van der Waals surface area contributed by atoms with Crippen LogP contribution in [0.3, 0.4) is 0 Å². The van der Waals surface area contributed by atoms with Gasteiger partial charge in [-0.1, -0.05) is 13.8 Å². The molecule has 2 rings (SSSR count). The van der Waals surface area contributed by atoms with Gasteiger partial charge in [0.1, 0.15) is 0 Å². The quantitative estimate of drug-likeness (QED) is 0.829. The average molecular weight is 268 g/mol. The molecule has 2 heterocycles. The third-order valence-electron chi connectivity index (χ3n) is 4.87. The molecule has 2 fully saturated rings. The molecular formula is C16H32N2O. The van der Waals surface area contributed by atoms with E-state index in [0.29, 0.717) is 11.5 Å². The zero-order chi connectivity index (χ0) is 13.7. The van der Waals surface area contributed by atoms with Crippen molar-refractivity contribution in [2.24, 2.45) is 11.3 Å². The van der Waals surface area contributed by atoms with Crippen molar-refractivity contribution in [3.05, 3.63) is 0 Å². The van der Waals surface area contributed by atoms with E-state index in [-0.39, 0.29) is 0 Å². The van der Waals surface area contributed by atoms with Crippen molar-refractivity contribution < 1.29 is 4.74 Å². The van der Waals surface area contributed by atoms with E-state index >= 15 is 0 Å². The third kappa shape index (κ3) is 4.73. The van der Waals surface area contributed by atoms with E-state index in [9.17, 15) is 0 Å². The molecule has 2 unspecified atom stereocenters. The molecule has 2 saturated heterocycles. The lowest BCUT2D eigenvalue weighted by molar-refractivity contribution is -0.0103. The Morgan fingerprint density at radius 3 is 2.68 bits per heavy atom. The molecule has 0 bridgehead atoms. The summed E-state index contributed by atoms with van der Waals surface area (Å²) in [6, 6.07) is 0. The molecule has 3 heteroatoms. The predicted molar refractivity (Wildman–Crippen MR) is 80.5 cm³/mol. The van der Waals surface area contributed by atoms with Crippen LogP contribution in [0.2, 0.25) is 0 Å². The highest BCUT2D eigenvalue weighted by Crippen LogP contribution is 2.32. The van der Waals surface area contributed by atoms with Crippen molar-refractivity contribution in [2.75, 3.05) is 39.8 Å². The van der Waals surface area contributed by atoms with Crippen molar-refractivity contribution in [1.82, 2.24) is 10.2 Å². The summed E-state index contributed by atoms with van der Waals surface area (Å²) in [5.74, 6) is 0.816. The van der Waals surface area contributed by atoms with Gasteiger partial charge in [-0.25, -0.2) is 0 Å². The zero-order valence-corrected chi connectivity index (χ0v) is 13.1. The highest BCUT2D eigenvalue weighted by molar-refractivity contribution is 4.85. The summed E-state index contributed by atoms with van der Waals surface area (Å²) in [5, 5.41) is 3.55. The number of piperidine rings is 1. The van der Waals surface area contributed by atoms with Crippen LogP contribution in [0.1, 0.15) is 46.0 Å². The summed E-state index contributed by atoms with van der Waals surface area (Å²) >= 11 is 0. The van der Waals surface area contributed by atoms with E-state index in [1.54, 1.807) is 0 Å². The molecular weight excluding hydrogens is 236 g/mol. The molecule has 19 heavy (non-hydrogen) atoms. The van der Waals surface area contributed by atoms with Crippen LogP contribution in [0.15, 0.2) is 0 Å². The van der Waals surface area contributed by atoms with Gasteiger partial charge in [-0.15, -0.1) is 0 Å². The van der Waals surface area contributed by atoms with Gasteiger partial charge in [0.2, 0.25) is 0 Å². The van der Waals surface area contributed by atoms with Crippen molar-refractivity contribution in [2.45, 2.75) is 52.1 Å². The standard InChI is InChI=1S/C16H32N2O/c1-16(2,14-7-6-9-17-11-14)13-18(3)12-15-8-4-5-10-19-15/h14-15,17H,4-13H2,1-3H3.